The van der Waals surface area contributed by atoms with Crippen molar-refractivity contribution < 1.29 is 24.1 Å². The fourth-order valence-electron chi connectivity index (χ4n) is 4.35. The third-order valence-electron chi connectivity index (χ3n) is 6.19. The van der Waals surface area contributed by atoms with Crippen LogP contribution in [0, 0.1) is 5.92 Å². The molecule has 2 heterocycles. The normalized spacial score (nSPS) is 17.0. The average molecular weight is 458 g/mol. The molecule has 0 spiro atoms. The minimum atomic E-state index is -0.667. The van der Waals surface area contributed by atoms with Gasteiger partial charge in [0.1, 0.15) is 18.1 Å². The van der Waals surface area contributed by atoms with Crippen LogP contribution in [0.1, 0.15) is 22.9 Å². The second-order valence-electron chi connectivity index (χ2n) is 8.39. The Morgan fingerprint density at radius 2 is 1.79 bits per heavy atom. The van der Waals surface area contributed by atoms with Crippen LogP contribution in [-0.4, -0.2) is 30.9 Å². The number of pyridine rings is 1. The number of aliphatic hydroxyl groups excluding tert-OH is 1. The van der Waals surface area contributed by atoms with E-state index in [0.717, 1.165) is 27.7 Å². The molecule has 1 aliphatic heterocycles. The van der Waals surface area contributed by atoms with Crippen molar-refractivity contribution >= 4 is 10.9 Å². The number of aromatic nitrogens is 1. The molecule has 1 N–H and O–H groups in total. The zero-order valence-corrected chi connectivity index (χ0v) is 19.2. The molecule has 0 amide bonds. The van der Waals surface area contributed by atoms with Crippen LogP contribution in [0.5, 0.6) is 23.0 Å². The Morgan fingerprint density at radius 1 is 0.941 bits per heavy atom. The van der Waals surface area contributed by atoms with Crippen LogP contribution in [0.15, 0.2) is 72.8 Å². The molecular formula is C28H27NO5. The summed E-state index contributed by atoms with van der Waals surface area (Å²) in [5.41, 5.74) is 3.57. The Morgan fingerprint density at radius 3 is 2.65 bits per heavy atom. The Balaban J connectivity index is 1.29. The maximum Gasteiger partial charge on any atom is 0.160 e. The van der Waals surface area contributed by atoms with Crippen molar-refractivity contribution in [3.05, 3.63) is 89.6 Å². The number of aliphatic hydroxyl groups is 1. The van der Waals surface area contributed by atoms with Crippen molar-refractivity contribution in [2.75, 3.05) is 20.8 Å². The maximum absolute atomic E-state index is 11.1. The molecule has 3 aromatic carbocycles. The highest BCUT2D eigenvalue weighted by Crippen LogP contribution is 2.39. The van der Waals surface area contributed by atoms with Crippen molar-refractivity contribution in [2.45, 2.75) is 19.1 Å². The highest BCUT2D eigenvalue weighted by molar-refractivity contribution is 5.78. The molecule has 5 rings (SSSR count). The summed E-state index contributed by atoms with van der Waals surface area (Å²) in [6.45, 7) is 0.777. The van der Waals surface area contributed by atoms with Crippen LogP contribution in [0.3, 0.4) is 0 Å². The third-order valence-corrected chi connectivity index (χ3v) is 6.19. The van der Waals surface area contributed by atoms with Crippen molar-refractivity contribution in [1.29, 1.82) is 0 Å². The van der Waals surface area contributed by atoms with Crippen LogP contribution in [0.2, 0.25) is 0 Å². The zero-order chi connectivity index (χ0) is 23.5. The summed E-state index contributed by atoms with van der Waals surface area (Å²) in [6.07, 6.45) is -0.0215. The molecule has 2 atom stereocenters. The summed E-state index contributed by atoms with van der Waals surface area (Å²) in [7, 11) is 3.23. The molecule has 6 heteroatoms. The lowest BCUT2D eigenvalue weighted by molar-refractivity contribution is 0.0504. The Hall–Kier alpha value is -3.77. The van der Waals surface area contributed by atoms with Gasteiger partial charge in [-0.1, -0.05) is 30.3 Å². The van der Waals surface area contributed by atoms with E-state index in [1.54, 1.807) is 14.2 Å². The molecule has 0 bridgehead atoms. The number of fused-ring (bicyclic) bond motifs is 2. The number of methoxy groups -OCH3 is 2. The molecule has 1 aromatic heterocycles. The van der Waals surface area contributed by atoms with Gasteiger partial charge in [0, 0.05) is 16.9 Å². The molecule has 2 unspecified atom stereocenters. The van der Waals surface area contributed by atoms with Gasteiger partial charge in [-0.2, -0.15) is 0 Å². The first-order valence-electron chi connectivity index (χ1n) is 11.3. The first kappa shape index (κ1) is 22.0. The molecule has 34 heavy (non-hydrogen) atoms. The second-order valence-corrected chi connectivity index (χ2v) is 8.39. The molecule has 1 aliphatic rings. The third kappa shape index (κ3) is 4.50. The molecule has 6 nitrogen and oxygen atoms in total. The topological polar surface area (TPSA) is 70.0 Å². The molecule has 0 aliphatic carbocycles. The molecule has 0 saturated heterocycles. The summed E-state index contributed by atoms with van der Waals surface area (Å²) < 4.78 is 22.7. The SMILES string of the molecule is COc1ccc(CC2COc3ccc(OCc4ccc5ccccc5n4)cc3C2O)cc1OC. The van der Waals surface area contributed by atoms with Gasteiger partial charge in [0.25, 0.3) is 0 Å². The molecule has 174 valence electrons. The fourth-order valence-corrected chi connectivity index (χ4v) is 4.35. The van der Waals surface area contributed by atoms with E-state index in [0.29, 0.717) is 42.6 Å². The van der Waals surface area contributed by atoms with Crippen molar-refractivity contribution in [2.24, 2.45) is 5.92 Å². The predicted molar refractivity (Wildman–Crippen MR) is 130 cm³/mol. The van der Waals surface area contributed by atoms with E-state index < -0.39 is 6.10 Å². The van der Waals surface area contributed by atoms with Crippen LogP contribution in [0.4, 0.5) is 0 Å². The van der Waals surface area contributed by atoms with Gasteiger partial charge in [-0.05, 0) is 54.4 Å². The smallest absolute Gasteiger partial charge is 0.160 e. The van der Waals surface area contributed by atoms with Gasteiger partial charge in [0.05, 0.1) is 38.1 Å². The maximum atomic E-state index is 11.1. The summed E-state index contributed by atoms with van der Waals surface area (Å²) in [6, 6.07) is 23.4. The van der Waals surface area contributed by atoms with Gasteiger partial charge < -0.3 is 24.1 Å². The molecular weight excluding hydrogens is 430 g/mol. The first-order chi connectivity index (χ1) is 16.6. The van der Waals surface area contributed by atoms with Gasteiger partial charge in [-0.15, -0.1) is 0 Å². The Bertz CT molecular complexity index is 1310. The summed E-state index contributed by atoms with van der Waals surface area (Å²) >= 11 is 0. The monoisotopic (exact) mass is 457 g/mol. The van der Waals surface area contributed by atoms with E-state index in [-0.39, 0.29) is 5.92 Å². The van der Waals surface area contributed by atoms with Crippen LogP contribution in [0.25, 0.3) is 10.9 Å². The molecule has 0 saturated carbocycles. The van der Waals surface area contributed by atoms with Crippen molar-refractivity contribution in [3.8, 4) is 23.0 Å². The number of ether oxygens (including phenoxy) is 4. The largest absolute Gasteiger partial charge is 0.493 e. The van der Waals surface area contributed by atoms with Gasteiger partial charge in [0.2, 0.25) is 0 Å². The first-order valence-corrected chi connectivity index (χ1v) is 11.3. The van der Waals surface area contributed by atoms with E-state index in [2.05, 4.69) is 4.98 Å². The average Bonchev–Trinajstić information content (AvgIpc) is 2.89. The van der Waals surface area contributed by atoms with Gasteiger partial charge in [-0.25, -0.2) is 4.98 Å². The second kappa shape index (κ2) is 9.61. The standard InChI is InChI=1S/C28H27NO5/c1-31-26-11-7-18(14-27(26)32-2)13-20-16-34-25-12-10-22(15-23(25)28(20)30)33-17-21-9-8-19-5-3-4-6-24(19)29-21/h3-12,14-15,20,28,30H,13,16-17H2,1-2H3. The fraction of sp³-hybridized carbons (Fsp3) is 0.250. The summed E-state index contributed by atoms with van der Waals surface area (Å²) in [4.78, 5) is 4.66. The van der Waals surface area contributed by atoms with Crippen molar-refractivity contribution in [3.63, 3.8) is 0 Å². The number of rotatable bonds is 7. The van der Waals surface area contributed by atoms with Gasteiger partial charge in [0.15, 0.2) is 11.5 Å². The van der Waals surface area contributed by atoms with Crippen molar-refractivity contribution in [1.82, 2.24) is 4.98 Å². The van der Waals surface area contributed by atoms with Crippen LogP contribution in [-0.2, 0) is 13.0 Å². The molecule has 0 radical (unpaired) electrons. The highest BCUT2D eigenvalue weighted by atomic mass is 16.5. The minimum absolute atomic E-state index is 0.0944. The van der Waals surface area contributed by atoms with E-state index >= 15 is 0 Å². The number of hydrogen-bond donors (Lipinski definition) is 1. The Labute approximate surface area is 198 Å². The highest BCUT2D eigenvalue weighted by Gasteiger charge is 2.30. The number of benzene rings is 3. The number of hydrogen-bond acceptors (Lipinski definition) is 6. The summed E-state index contributed by atoms with van der Waals surface area (Å²) in [5.74, 6) is 2.61. The quantitative estimate of drug-likeness (QED) is 0.416. The molecule has 0 fully saturated rings. The predicted octanol–water partition coefficient (Wildman–Crippen LogP) is 5.12. The van der Waals surface area contributed by atoms with E-state index in [1.807, 2.05) is 72.8 Å². The van der Waals surface area contributed by atoms with Crippen LogP contribution >= 0.6 is 0 Å². The minimum Gasteiger partial charge on any atom is -0.493 e. The molecule has 4 aromatic rings. The van der Waals surface area contributed by atoms with E-state index in [1.165, 1.54) is 0 Å². The van der Waals surface area contributed by atoms with E-state index in [9.17, 15) is 5.11 Å². The Kier molecular flexibility index (Phi) is 6.23. The van der Waals surface area contributed by atoms with E-state index in [4.69, 9.17) is 18.9 Å². The number of nitrogens with zero attached hydrogens (tertiary/aromatic N) is 1. The number of para-hydroxylation sites is 1. The lowest BCUT2D eigenvalue weighted by atomic mass is 9.88. The lowest BCUT2D eigenvalue weighted by Crippen LogP contribution is -2.27. The van der Waals surface area contributed by atoms with Crippen LogP contribution < -0.4 is 18.9 Å². The van der Waals surface area contributed by atoms with Gasteiger partial charge >= 0.3 is 0 Å². The zero-order valence-electron chi connectivity index (χ0n) is 19.2. The summed E-state index contributed by atoms with van der Waals surface area (Å²) in [5, 5.41) is 12.2. The van der Waals surface area contributed by atoms with Gasteiger partial charge in [-0.3, -0.25) is 0 Å². The lowest BCUT2D eigenvalue weighted by Gasteiger charge is -2.31.